The number of nitrogen functional groups attached to an aromatic ring is 1. The van der Waals surface area contributed by atoms with Crippen molar-refractivity contribution in [1.82, 2.24) is 5.01 Å². The summed E-state index contributed by atoms with van der Waals surface area (Å²) in [5, 5.41) is 2.92. The average Bonchev–Trinajstić information content (AvgIpc) is 2.49. The molecule has 0 unspecified atom stereocenters. The molecule has 132 valence electrons. The first kappa shape index (κ1) is 19.3. The molecule has 0 saturated carbocycles. The second-order valence-corrected chi connectivity index (χ2v) is 6.14. The minimum Gasteiger partial charge on any atom is -0.465 e. The van der Waals surface area contributed by atoms with Crippen LogP contribution in [0.2, 0.25) is 0 Å². The topological polar surface area (TPSA) is 85.1 Å². The van der Waals surface area contributed by atoms with E-state index in [1.54, 1.807) is 51.0 Å². The quantitative estimate of drug-likeness (QED) is 0.385. The summed E-state index contributed by atoms with van der Waals surface area (Å²) in [5.74, 6) is -0.482. The number of carbonyl (C=O) groups excluding carboxylic acids is 2. The molecule has 0 heterocycles. The Kier molecular flexibility index (Phi) is 6.22. The first-order valence-electron chi connectivity index (χ1n) is 7.43. The number of ether oxygens (including phenoxy) is 2. The first-order chi connectivity index (χ1) is 11.1. The van der Waals surface area contributed by atoms with Crippen LogP contribution in [-0.4, -0.2) is 43.4 Å². The molecule has 1 amide bonds. The number of nitrogens with two attached hydrogens (primary N) is 1. The Morgan fingerprint density at radius 1 is 1.33 bits per heavy atom. The lowest BCUT2D eigenvalue weighted by Gasteiger charge is -2.34. The number of carbonyl (C=O) groups is 2. The van der Waals surface area contributed by atoms with Crippen molar-refractivity contribution in [2.24, 2.45) is 0 Å². The van der Waals surface area contributed by atoms with Gasteiger partial charge in [-0.05, 0) is 39.0 Å². The Balaban J connectivity index is 3.14. The highest BCUT2D eigenvalue weighted by atomic mass is 16.6. The van der Waals surface area contributed by atoms with Gasteiger partial charge < -0.3 is 15.2 Å². The van der Waals surface area contributed by atoms with Gasteiger partial charge in [0.2, 0.25) is 0 Å². The molecule has 2 N–H and O–H groups in total. The van der Waals surface area contributed by atoms with Crippen LogP contribution in [0.15, 0.2) is 30.9 Å². The van der Waals surface area contributed by atoms with E-state index in [9.17, 15) is 9.59 Å². The van der Waals surface area contributed by atoms with Gasteiger partial charge in [-0.2, -0.15) is 0 Å². The number of hydrazine groups is 1. The van der Waals surface area contributed by atoms with E-state index < -0.39 is 17.7 Å². The van der Waals surface area contributed by atoms with E-state index in [2.05, 4.69) is 11.3 Å². The fourth-order valence-electron chi connectivity index (χ4n) is 1.97. The van der Waals surface area contributed by atoms with Crippen LogP contribution in [0.1, 0.15) is 31.1 Å². The van der Waals surface area contributed by atoms with Crippen molar-refractivity contribution in [2.45, 2.75) is 26.4 Å². The maximum absolute atomic E-state index is 12.3. The Hall–Kier alpha value is -2.70. The SMILES string of the molecule is C=CCN(c1ccc(C(=O)OC)cc1N)N(C)C(=O)OC(C)(C)C. The number of rotatable bonds is 5. The number of anilines is 2. The minimum absolute atomic E-state index is 0.329. The fourth-order valence-corrected chi connectivity index (χ4v) is 1.97. The van der Waals surface area contributed by atoms with Crippen molar-refractivity contribution in [2.75, 3.05) is 31.4 Å². The highest BCUT2D eigenvalue weighted by molar-refractivity contribution is 5.92. The third kappa shape index (κ3) is 4.91. The maximum Gasteiger partial charge on any atom is 0.429 e. The highest BCUT2D eigenvalue weighted by Crippen LogP contribution is 2.26. The molecule has 0 fully saturated rings. The summed E-state index contributed by atoms with van der Waals surface area (Å²) in [7, 11) is 2.87. The van der Waals surface area contributed by atoms with Crippen molar-refractivity contribution in [1.29, 1.82) is 0 Å². The molecule has 0 atom stereocenters. The Morgan fingerprint density at radius 3 is 2.42 bits per heavy atom. The Bertz CT molecular complexity index is 623. The zero-order valence-corrected chi connectivity index (χ0v) is 14.8. The standard InChI is InChI=1S/C17H25N3O4/c1-7-10-20(19(5)16(22)24-17(2,3)4)14-9-8-12(11-13(14)18)15(21)23-6/h7-9,11H,1,10,18H2,2-6H3. The second-order valence-electron chi connectivity index (χ2n) is 6.14. The molecule has 24 heavy (non-hydrogen) atoms. The van der Waals surface area contributed by atoms with E-state index in [0.717, 1.165) is 0 Å². The van der Waals surface area contributed by atoms with Crippen molar-refractivity contribution in [3.8, 4) is 0 Å². The molecule has 1 rings (SSSR count). The van der Waals surface area contributed by atoms with Crippen LogP contribution in [0.25, 0.3) is 0 Å². The molecule has 0 spiro atoms. The highest BCUT2D eigenvalue weighted by Gasteiger charge is 2.25. The van der Waals surface area contributed by atoms with Crippen LogP contribution < -0.4 is 10.7 Å². The number of hydrogen-bond donors (Lipinski definition) is 1. The molecule has 7 heteroatoms. The van der Waals surface area contributed by atoms with E-state index in [0.29, 0.717) is 23.5 Å². The number of esters is 1. The van der Waals surface area contributed by atoms with Crippen molar-refractivity contribution in [3.05, 3.63) is 36.4 Å². The molecule has 0 radical (unpaired) electrons. The summed E-state index contributed by atoms with van der Waals surface area (Å²) in [6.45, 7) is 9.39. The van der Waals surface area contributed by atoms with Crippen LogP contribution in [-0.2, 0) is 9.47 Å². The molecule has 0 aliphatic rings. The molecule has 0 saturated heterocycles. The van der Waals surface area contributed by atoms with Gasteiger partial charge in [0.15, 0.2) is 0 Å². The number of hydrogen-bond acceptors (Lipinski definition) is 6. The number of benzene rings is 1. The number of amides is 1. The maximum atomic E-state index is 12.3. The predicted molar refractivity (Wildman–Crippen MR) is 93.7 cm³/mol. The van der Waals surface area contributed by atoms with E-state index in [1.165, 1.54) is 18.2 Å². The van der Waals surface area contributed by atoms with Crippen LogP contribution in [0.3, 0.4) is 0 Å². The lowest BCUT2D eigenvalue weighted by atomic mass is 10.1. The second kappa shape index (κ2) is 7.72. The Labute approximate surface area is 142 Å². The zero-order valence-electron chi connectivity index (χ0n) is 14.8. The van der Waals surface area contributed by atoms with E-state index in [4.69, 9.17) is 10.5 Å². The predicted octanol–water partition coefficient (Wildman–Crippen LogP) is 2.83. The van der Waals surface area contributed by atoms with Crippen molar-refractivity contribution < 1.29 is 19.1 Å². The molecule has 0 aliphatic carbocycles. The van der Waals surface area contributed by atoms with Gasteiger partial charge in [0, 0.05) is 7.05 Å². The summed E-state index contributed by atoms with van der Waals surface area (Å²) in [4.78, 5) is 23.9. The zero-order chi connectivity index (χ0) is 18.5. The summed E-state index contributed by atoms with van der Waals surface area (Å²) >= 11 is 0. The fraction of sp³-hybridized carbons (Fsp3) is 0.412. The third-order valence-electron chi connectivity index (χ3n) is 3.05. The molecular formula is C17H25N3O4. The molecule has 0 bridgehead atoms. The van der Waals surface area contributed by atoms with Gasteiger partial charge in [0.1, 0.15) is 5.60 Å². The summed E-state index contributed by atoms with van der Waals surface area (Å²) in [6, 6.07) is 4.72. The summed E-state index contributed by atoms with van der Waals surface area (Å²) < 4.78 is 10.0. The number of methoxy groups -OCH3 is 1. The molecular weight excluding hydrogens is 310 g/mol. The summed E-state index contributed by atoms with van der Waals surface area (Å²) in [6.07, 6.45) is 1.11. The lowest BCUT2D eigenvalue weighted by Crippen LogP contribution is -2.46. The van der Waals surface area contributed by atoms with Crippen LogP contribution >= 0.6 is 0 Å². The van der Waals surface area contributed by atoms with Gasteiger partial charge in [-0.1, -0.05) is 6.08 Å². The molecule has 1 aromatic rings. The van der Waals surface area contributed by atoms with Gasteiger partial charge >= 0.3 is 12.1 Å². The van der Waals surface area contributed by atoms with E-state index >= 15 is 0 Å². The van der Waals surface area contributed by atoms with E-state index in [1.807, 2.05) is 0 Å². The minimum atomic E-state index is -0.620. The van der Waals surface area contributed by atoms with Gasteiger partial charge in [-0.15, -0.1) is 6.58 Å². The monoisotopic (exact) mass is 335 g/mol. The van der Waals surface area contributed by atoms with Crippen molar-refractivity contribution in [3.63, 3.8) is 0 Å². The summed E-state index contributed by atoms with van der Waals surface area (Å²) in [5.41, 5.74) is 6.64. The third-order valence-corrected chi connectivity index (χ3v) is 3.05. The molecule has 7 nitrogen and oxygen atoms in total. The number of nitrogens with zero attached hydrogens (tertiary/aromatic N) is 2. The van der Waals surface area contributed by atoms with Crippen LogP contribution in [0.5, 0.6) is 0 Å². The molecule has 0 aliphatic heterocycles. The molecule has 0 aromatic heterocycles. The van der Waals surface area contributed by atoms with E-state index in [-0.39, 0.29) is 0 Å². The van der Waals surface area contributed by atoms with Gasteiger partial charge in [0.25, 0.3) is 0 Å². The normalized spacial score (nSPS) is 10.7. The van der Waals surface area contributed by atoms with Crippen molar-refractivity contribution >= 4 is 23.4 Å². The first-order valence-corrected chi connectivity index (χ1v) is 7.43. The average molecular weight is 335 g/mol. The van der Waals surface area contributed by atoms with Gasteiger partial charge in [0.05, 0.1) is 30.6 Å². The lowest BCUT2D eigenvalue weighted by molar-refractivity contribution is 0.0281. The largest absolute Gasteiger partial charge is 0.465 e. The van der Waals surface area contributed by atoms with Crippen LogP contribution in [0, 0.1) is 0 Å². The van der Waals surface area contributed by atoms with Gasteiger partial charge in [-0.25, -0.2) is 14.6 Å². The molecule has 1 aromatic carbocycles. The van der Waals surface area contributed by atoms with Gasteiger partial charge in [-0.3, -0.25) is 5.01 Å². The smallest absolute Gasteiger partial charge is 0.429 e. The van der Waals surface area contributed by atoms with Crippen LogP contribution in [0.4, 0.5) is 16.2 Å². The Morgan fingerprint density at radius 2 is 1.96 bits per heavy atom.